The van der Waals surface area contributed by atoms with Crippen molar-refractivity contribution in [2.24, 2.45) is 0 Å². The first-order valence-corrected chi connectivity index (χ1v) is 9.32. The summed E-state index contributed by atoms with van der Waals surface area (Å²) in [7, 11) is 0.279. The topological polar surface area (TPSA) is 44.8 Å². The van der Waals surface area contributed by atoms with Crippen LogP contribution in [0.15, 0.2) is 70.5 Å². The van der Waals surface area contributed by atoms with Crippen molar-refractivity contribution in [3.8, 4) is 0 Å². The second kappa shape index (κ2) is 8.54. The molecule has 4 nitrogen and oxygen atoms in total. The van der Waals surface area contributed by atoms with Crippen LogP contribution in [0.5, 0.6) is 0 Å². The lowest BCUT2D eigenvalue weighted by Crippen LogP contribution is -2.23. The molecule has 132 valence electrons. The molecular weight excluding hydrogens is 336 g/mol. The van der Waals surface area contributed by atoms with E-state index in [0.29, 0.717) is 18.1 Å². The van der Waals surface area contributed by atoms with Crippen LogP contribution in [0.4, 0.5) is 0 Å². The second-order valence-corrected chi connectivity index (χ2v) is 7.36. The van der Waals surface area contributed by atoms with Crippen molar-refractivity contribution in [3.63, 3.8) is 0 Å². The van der Waals surface area contributed by atoms with Crippen molar-refractivity contribution < 1.29 is 18.4 Å². The normalized spacial score (nSPS) is 21.1. The Balaban J connectivity index is 1.66. The molecule has 0 saturated heterocycles. The van der Waals surface area contributed by atoms with E-state index in [1.807, 2.05) is 61.5 Å². The Kier molecular flexibility index (Phi) is 6.15. The third-order valence-electron chi connectivity index (χ3n) is 3.98. The Labute approximate surface area is 150 Å². The number of benzene rings is 2. The van der Waals surface area contributed by atoms with Crippen molar-refractivity contribution in [1.82, 2.24) is 0 Å². The van der Waals surface area contributed by atoms with E-state index in [1.165, 1.54) is 0 Å². The van der Waals surface area contributed by atoms with Gasteiger partial charge in [0.25, 0.3) is 0 Å². The average Bonchev–Trinajstić information content (AvgIpc) is 3.06. The molecule has 1 aliphatic heterocycles. The number of rotatable bonds is 7. The molecular formula is C20H22O4S. The van der Waals surface area contributed by atoms with Crippen LogP contribution in [0, 0.1) is 6.92 Å². The van der Waals surface area contributed by atoms with Crippen LogP contribution < -0.4 is 0 Å². The molecule has 0 aromatic heterocycles. The fourth-order valence-corrected chi connectivity index (χ4v) is 3.84. The summed E-state index contributed by atoms with van der Waals surface area (Å²) in [5.74, 6) is 0. The van der Waals surface area contributed by atoms with Gasteiger partial charge in [0, 0.05) is 12.0 Å². The molecule has 1 heterocycles. The average molecular weight is 358 g/mol. The molecule has 0 aliphatic carbocycles. The fourth-order valence-electron chi connectivity index (χ4n) is 2.59. The number of aryl methyl sites for hydroxylation is 1. The summed E-state index contributed by atoms with van der Waals surface area (Å²) in [6, 6.07) is 17.6. The lowest BCUT2D eigenvalue weighted by molar-refractivity contribution is -0.116. The van der Waals surface area contributed by atoms with Crippen LogP contribution in [0.2, 0.25) is 0 Å². The summed E-state index contributed by atoms with van der Waals surface area (Å²) in [4.78, 5) is 1.45. The van der Waals surface area contributed by atoms with Crippen LogP contribution >= 0.6 is 0 Å². The Morgan fingerprint density at radius 1 is 1.08 bits per heavy atom. The van der Waals surface area contributed by atoms with Gasteiger partial charge < -0.3 is 14.2 Å². The third-order valence-corrected chi connectivity index (χ3v) is 5.51. The molecule has 3 rings (SSSR count). The van der Waals surface area contributed by atoms with Crippen LogP contribution in [-0.2, 0) is 31.6 Å². The summed E-state index contributed by atoms with van der Waals surface area (Å²) < 4.78 is 29.7. The van der Waals surface area contributed by atoms with Gasteiger partial charge in [-0.2, -0.15) is 0 Å². The molecule has 0 bridgehead atoms. The molecule has 0 fully saturated rings. The molecule has 25 heavy (non-hydrogen) atoms. The van der Waals surface area contributed by atoms with Crippen molar-refractivity contribution in [2.45, 2.75) is 30.8 Å². The van der Waals surface area contributed by atoms with Gasteiger partial charge in [0.05, 0.1) is 28.9 Å². The van der Waals surface area contributed by atoms with E-state index in [2.05, 4.69) is 0 Å². The minimum Gasteiger partial charge on any atom is -0.374 e. The predicted octanol–water partition coefficient (Wildman–Crippen LogP) is 3.57. The molecule has 0 spiro atoms. The number of ether oxygens (including phenoxy) is 3. The maximum absolute atomic E-state index is 12.9. The lowest BCUT2D eigenvalue weighted by atomic mass is 10.2. The Morgan fingerprint density at radius 2 is 1.80 bits per heavy atom. The van der Waals surface area contributed by atoms with E-state index >= 15 is 0 Å². The zero-order valence-corrected chi connectivity index (χ0v) is 15.2. The summed E-state index contributed by atoms with van der Waals surface area (Å²) in [5, 5.41) is 0. The van der Waals surface area contributed by atoms with Crippen molar-refractivity contribution in [1.29, 1.82) is 0 Å². The summed E-state index contributed by atoms with van der Waals surface area (Å²) in [6.07, 6.45) is 0.914. The van der Waals surface area contributed by atoms with Crippen LogP contribution in [0.3, 0.4) is 0 Å². The van der Waals surface area contributed by atoms with Gasteiger partial charge in [0.1, 0.15) is 6.10 Å². The molecule has 0 radical (unpaired) electrons. The quantitative estimate of drug-likeness (QED) is 0.759. The zero-order valence-electron chi connectivity index (χ0n) is 14.4. The molecule has 0 unspecified atom stereocenters. The minimum atomic E-state index is -1.29. The standard InChI is InChI=1S/C20H22O4S/c1-15-8-10-17(11-9-15)25(21)19-12-20(22-2)24-18(19)14-23-13-16-6-4-3-5-7-16/h3-12,18,20H,13-14H2,1-2H3/t18-,20-,25-/m1/s1. The minimum absolute atomic E-state index is 0.332. The van der Waals surface area contributed by atoms with Gasteiger partial charge in [-0.05, 0) is 30.7 Å². The van der Waals surface area contributed by atoms with Crippen molar-refractivity contribution in [3.05, 3.63) is 76.7 Å². The van der Waals surface area contributed by atoms with E-state index in [-0.39, 0.29) is 6.10 Å². The molecule has 0 amide bonds. The van der Waals surface area contributed by atoms with Gasteiger partial charge in [-0.3, -0.25) is 0 Å². The maximum Gasteiger partial charge on any atom is 0.178 e. The highest BCUT2D eigenvalue weighted by molar-refractivity contribution is 7.89. The zero-order chi connectivity index (χ0) is 17.6. The fraction of sp³-hybridized carbons (Fsp3) is 0.300. The van der Waals surface area contributed by atoms with E-state index in [9.17, 15) is 4.21 Å². The van der Waals surface area contributed by atoms with Gasteiger partial charge in [-0.1, -0.05) is 48.0 Å². The third kappa shape index (κ3) is 4.64. The number of hydrogen-bond donors (Lipinski definition) is 0. The molecule has 2 aromatic rings. The molecule has 1 aliphatic rings. The predicted molar refractivity (Wildman–Crippen MR) is 97.4 cm³/mol. The highest BCUT2D eigenvalue weighted by Crippen LogP contribution is 2.28. The Bertz CT molecular complexity index is 740. The molecule has 0 N–H and O–H groups in total. The first-order chi connectivity index (χ1) is 12.2. The van der Waals surface area contributed by atoms with Gasteiger partial charge in [-0.25, -0.2) is 4.21 Å². The van der Waals surface area contributed by atoms with Gasteiger partial charge in [0.15, 0.2) is 6.29 Å². The highest BCUT2D eigenvalue weighted by atomic mass is 32.2. The summed E-state index contributed by atoms with van der Waals surface area (Å²) >= 11 is 0. The number of methoxy groups -OCH3 is 1. The number of hydrogen-bond acceptors (Lipinski definition) is 4. The van der Waals surface area contributed by atoms with E-state index < -0.39 is 17.1 Å². The van der Waals surface area contributed by atoms with E-state index in [1.54, 1.807) is 13.2 Å². The van der Waals surface area contributed by atoms with Gasteiger partial charge in [0.2, 0.25) is 0 Å². The SMILES string of the molecule is CO[C@H]1C=C([S@](=O)c2ccc(C)cc2)[C@@H](COCc2ccccc2)O1. The smallest absolute Gasteiger partial charge is 0.178 e. The van der Waals surface area contributed by atoms with Gasteiger partial charge in [-0.15, -0.1) is 0 Å². The molecule has 0 saturated carbocycles. The van der Waals surface area contributed by atoms with E-state index in [0.717, 1.165) is 16.0 Å². The van der Waals surface area contributed by atoms with Crippen LogP contribution in [0.1, 0.15) is 11.1 Å². The monoisotopic (exact) mass is 358 g/mol. The van der Waals surface area contributed by atoms with Crippen molar-refractivity contribution in [2.75, 3.05) is 13.7 Å². The van der Waals surface area contributed by atoms with E-state index in [4.69, 9.17) is 14.2 Å². The second-order valence-electron chi connectivity index (χ2n) is 5.88. The summed E-state index contributed by atoms with van der Waals surface area (Å²) in [6.45, 7) is 2.83. The highest BCUT2D eigenvalue weighted by Gasteiger charge is 2.31. The van der Waals surface area contributed by atoms with Crippen molar-refractivity contribution >= 4 is 10.8 Å². The Morgan fingerprint density at radius 3 is 2.48 bits per heavy atom. The molecule has 3 atom stereocenters. The largest absolute Gasteiger partial charge is 0.374 e. The molecule has 5 heteroatoms. The molecule has 2 aromatic carbocycles. The van der Waals surface area contributed by atoms with Crippen LogP contribution in [-0.4, -0.2) is 30.3 Å². The first-order valence-electron chi connectivity index (χ1n) is 8.17. The maximum atomic E-state index is 12.9. The summed E-state index contributed by atoms with van der Waals surface area (Å²) in [5.41, 5.74) is 2.23. The van der Waals surface area contributed by atoms with Gasteiger partial charge >= 0.3 is 0 Å². The first kappa shape index (κ1) is 18.0. The lowest BCUT2D eigenvalue weighted by Gasteiger charge is -2.16. The van der Waals surface area contributed by atoms with Crippen LogP contribution in [0.25, 0.3) is 0 Å². The Hall–Kier alpha value is -1.79.